The molecule has 28 heavy (non-hydrogen) atoms. The number of hydrogen-bond acceptors (Lipinski definition) is 1. The molecule has 146 valence electrons. The van der Waals surface area contributed by atoms with Gasteiger partial charge in [0, 0.05) is 23.5 Å². The summed E-state index contributed by atoms with van der Waals surface area (Å²) in [5.41, 5.74) is 13.2. The maximum Gasteiger partial charge on any atom is 0.251 e. The van der Waals surface area contributed by atoms with Crippen LogP contribution in [0.2, 0.25) is 0 Å². The molecule has 1 amide bonds. The van der Waals surface area contributed by atoms with Gasteiger partial charge in [0.1, 0.15) is 0 Å². The molecule has 0 aliphatic rings. The predicted octanol–water partition coefficient (Wildman–Crippen LogP) is 5.65. The Kier molecular flexibility index (Phi) is 6.35. The van der Waals surface area contributed by atoms with Gasteiger partial charge in [0.15, 0.2) is 0 Å². The van der Waals surface area contributed by atoms with Crippen LogP contribution in [0, 0.1) is 13.8 Å². The van der Waals surface area contributed by atoms with Gasteiger partial charge in [-0.25, -0.2) is 0 Å². The Morgan fingerprint density at radius 3 is 2.39 bits per heavy atom. The second kappa shape index (κ2) is 8.92. The molecule has 0 saturated carbocycles. The molecule has 1 heterocycles. The van der Waals surface area contributed by atoms with Crippen LogP contribution in [0.4, 0.5) is 0 Å². The molecule has 0 saturated heterocycles. The minimum atomic E-state index is -0.351. The van der Waals surface area contributed by atoms with Crippen molar-refractivity contribution in [2.24, 2.45) is 5.73 Å². The Hall–Kier alpha value is -2.81. The van der Waals surface area contributed by atoms with Crippen molar-refractivity contribution in [3.05, 3.63) is 82.7 Å². The lowest BCUT2D eigenvalue weighted by molar-refractivity contribution is 0.1000. The minimum absolute atomic E-state index is 0.351. The minimum Gasteiger partial charge on any atom is -0.366 e. The topological polar surface area (TPSA) is 48.0 Å². The first-order valence-electron chi connectivity index (χ1n) is 10.2. The van der Waals surface area contributed by atoms with Crippen molar-refractivity contribution in [3.8, 4) is 11.1 Å². The number of carbonyl (C=O) groups is 1. The molecule has 0 spiro atoms. The van der Waals surface area contributed by atoms with Gasteiger partial charge in [0.2, 0.25) is 0 Å². The lowest BCUT2D eigenvalue weighted by Gasteiger charge is -2.14. The molecule has 3 aromatic rings. The largest absolute Gasteiger partial charge is 0.366 e. The molecule has 0 aliphatic carbocycles. The molecule has 3 rings (SSSR count). The van der Waals surface area contributed by atoms with Crippen molar-refractivity contribution in [2.75, 3.05) is 0 Å². The van der Waals surface area contributed by atoms with Crippen LogP contribution in [0.1, 0.15) is 59.1 Å². The van der Waals surface area contributed by atoms with Gasteiger partial charge >= 0.3 is 0 Å². The first-order valence-corrected chi connectivity index (χ1v) is 10.2. The zero-order valence-electron chi connectivity index (χ0n) is 17.2. The van der Waals surface area contributed by atoms with E-state index in [0.29, 0.717) is 5.56 Å². The van der Waals surface area contributed by atoms with Crippen molar-refractivity contribution in [1.82, 2.24) is 4.57 Å². The van der Waals surface area contributed by atoms with E-state index in [-0.39, 0.29) is 5.91 Å². The average molecular weight is 375 g/mol. The monoisotopic (exact) mass is 374 g/mol. The van der Waals surface area contributed by atoms with Gasteiger partial charge in [-0.2, -0.15) is 0 Å². The number of benzene rings is 2. The molecule has 3 heteroatoms. The maximum atomic E-state index is 12.4. The third-order valence-electron chi connectivity index (χ3n) is 5.38. The van der Waals surface area contributed by atoms with Crippen molar-refractivity contribution in [1.29, 1.82) is 0 Å². The zero-order chi connectivity index (χ0) is 20.1. The van der Waals surface area contributed by atoms with Crippen LogP contribution in [0.15, 0.2) is 54.6 Å². The molecule has 3 nitrogen and oxygen atoms in total. The van der Waals surface area contributed by atoms with Crippen LogP contribution in [-0.2, 0) is 13.0 Å². The van der Waals surface area contributed by atoms with E-state index in [1.54, 1.807) is 0 Å². The fraction of sp³-hybridized carbons (Fsp3) is 0.320. The van der Waals surface area contributed by atoms with E-state index >= 15 is 0 Å². The molecule has 0 atom stereocenters. The number of nitrogens with two attached hydrogens (primary N) is 1. The third-order valence-corrected chi connectivity index (χ3v) is 5.38. The van der Waals surface area contributed by atoms with Crippen molar-refractivity contribution < 1.29 is 4.79 Å². The number of primary amides is 1. The van der Waals surface area contributed by atoms with Gasteiger partial charge in [-0.1, -0.05) is 79.9 Å². The number of hydrogen-bond donors (Lipinski definition) is 1. The van der Waals surface area contributed by atoms with Gasteiger partial charge in [-0.15, -0.1) is 0 Å². The number of nitrogens with zero attached hydrogens (tertiary/aromatic N) is 1. The quantitative estimate of drug-likeness (QED) is 0.509. The Bertz CT molecular complexity index is 954. The van der Waals surface area contributed by atoms with E-state index in [4.69, 9.17) is 5.73 Å². The number of rotatable bonds is 8. The van der Waals surface area contributed by atoms with Crippen LogP contribution in [-0.4, -0.2) is 10.5 Å². The summed E-state index contributed by atoms with van der Waals surface area (Å²) in [6, 6.07) is 18.7. The van der Waals surface area contributed by atoms with E-state index in [1.807, 2.05) is 25.1 Å². The van der Waals surface area contributed by atoms with Crippen LogP contribution in [0.25, 0.3) is 11.1 Å². The van der Waals surface area contributed by atoms with E-state index in [0.717, 1.165) is 36.2 Å². The molecule has 0 bridgehead atoms. The molecular formula is C25H30N2O. The summed E-state index contributed by atoms with van der Waals surface area (Å²) in [4.78, 5) is 12.4. The van der Waals surface area contributed by atoms with E-state index in [2.05, 4.69) is 54.8 Å². The van der Waals surface area contributed by atoms with Crippen molar-refractivity contribution >= 4 is 5.91 Å². The maximum absolute atomic E-state index is 12.4. The number of aryl methyl sites for hydroxylation is 1. The number of carbonyl (C=O) groups excluding carboxylic acids is 1. The fourth-order valence-corrected chi connectivity index (χ4v) is 4.02. The predicted molar refractivity (Wildman–Crippen MR) is 117 cm³/mol. The lowest BCUT2D eigenvalue weighted by atomic mass is 9.97. The highest BCUT2D eigenvalue weighted by Crippen LogP contribution is 2.34. The lowest BCUT2D eigenvalue weighted by Crippen LogP contribution is -2.13. The Morgan fingerprint density at radius 2 is 1.75 bits per heavy atom. The summed E-state index contributed by atoms with van der Waals surface area (Å²) in [6.45, 7) is 7.09. The van der Waals surface area contributed by atoms with Gasteiger partial charge in [-0.05, 0) is 37.8 Å². The number of aromatic nitrogens is 1. The van der Waals surface area contributed by atoms with Gasteiger partial charge < -0.3 is 10.3 Å². The van der Waals surface area contributed by atoms with Crippen LogP contribution in [0.3, 0.4) is 0 Å². The van der Waals surface area contributed by atoms with Crippen LogP contribution < -0.4 is 5.73 Å². The second-order valence-electron chi connectivity index (χ2n) is 7.54. The highest BCUT2D eigenvalue weighted by Gasteiger charge is 2.24. The molecular weight excluding hydrogens is 344 g/mol. The summed E-state index contributed by atoms with van der Waals surface area (Å²) < 4.78 is 2.30. The molecule has 0 unspecified atom stereocenters. The van der Waals surface area contributed by atoms with Gasteiger partial charge in [-0.3, -0.25) is 4.79 Å². The molecule has 2 N–H and O–H groups in total. The average Bonchev–Trinajstić information content (AvgIpc) is 2.95. The van der Waals surface area contributed by atoms with E-state index < -0.39 is 0 Å². The SMILES string of the molecule is CCCCCc1c(-c2ccccc2)c(C(N)=O)c(C)n1Cc1cccc(C)c1. The van der Waals surface area contributed by atoms with Crippen LogP contribution >= 0.6 is 0 Å². The zero-order valence-corrected chi connectivity index (χ0v) is 17.2. The molecule has 0 radical (unpaired) electrons. The first kappa shape index (κ1) is 19.9. The molecule has 0 fully saturated rings. The Balaban J connectivity index is 2.17. The summed E-state index contributed by atoms with van der Waals surface area (Å²) in [5, 5.41) is 0. The summed E-state index contributed by atoms with van der Waals surface area (Å²) >= 11 is 0. The Labute approximate surface area is 168 Å². The molecule has 0 aliphatic heterocycles. The summed E-state index contributed by atoms with van der Waals surface area (Å²) in [7, 11) is 0. The summed E-state index contributed by atoms with van der Waals surface area (Å²) in [5.74, 6) is -0.351. The standard InChI is InChI=1S/C25H30N2O/c1-4-5-7-15-22-24(21-13-8-6-9-14-21)23(25(26)28)19(3)27(22)17-20-12-10-11-18(2)16-20/h6,8-14,16H,4-5,7,15,17H2,1-3H3,(H2,26,28). The second-order valence-corrected chi connectivity index (χ2v) is 7.54. The van der Waals surface area contributed by atoms with E-state index in [1.165, 1.54) is 29.7 Å². The number of unbranched alkanes of at least 4 members (excludes halogenated alkanes) is 2. The normalized spacial score (nSPS) is 11.0. The smallest absolute Gasteiger partial charge is 0.251 e. The molecule has 1 aromatic heterocycles. The highest BCUT2D eigenvalue weighted by molar-refractivity contribution is 6.02. The number of amides is 1. The third kappa shape index (κ3) is 4.19. The highest BCUT2D eigenvalue weighted by atomic mass is 16.1. The Morgan fingerprint density at radius 1 is 1.00 bits per heavy atom. The summed E-state index contributed by atoms with van der Waals surface area (Å²) in [6.07, 6.45) is 4.39. The van der Waals surface area contributed by atoms with Crippen LogP contribution in [0.5, 0.6) is 0 Å². The van der Waals surface area contributed by atoms with Crippen molar-refractivity contribution in [2.45, 2.75) is 53.0 Å². The first-order chi connectivity index (χ1) is 13.5. The van der Waals surface area contributed by atoms with Gasteiger partial charge in [0.25, 0.3) is 5.91 Å². The molecule has 2 aromatic carbocycles. The van der Waals surface area contributed by atoms with E-state index in [9.17, 15) is 4.79 Å². The van der Waals surface area contributed by atoms with Crippen molar-refractivity contribution in [3.63, 3.8) is 0 Å². The fourth-order valence-electron chi connectivity index (χ4n) is 4.02. The van der Waals surface area contributed by atoms with Gasteiger partial charge in [0.05, 0.1) is 5.56 Å².